The lowest BCUT2D eigenvalue weighted by Crippen LogP contribution is -2.48. The van der Waals surface area contributed by atoms with Crippen molar-refractivity contribution in [1.29, 1.82) is 0 Å². The van der Waals surface area contributed by atoms with Gasteiger partial charge in [-0.15, -0.1) is 0 Å². The Hall–Kier alpha value is -1.60. The van der Waals surface area contributed by atoms with Crippen LogP contribution in [0.4, 0.5) is 0 Å². The van der Waals surface area contributed by atoms with Crippen LogP contribution in [0.15, 0.2) is 53.4 Å². The van der Waals surface area contributed by atoms with E-state index in [-0.39, 0.29) is 10.6 Å². The van der Waals surface area contributed by atoms with Crippen LogP contribution < -0.4 is 4.74 Å². The third-order valence-corrected chi connectivity index (χ3v) is 6.50. The lowest BCUT2D eigenvalue weighted by molar-refractivity contribution is 0.181. The molecule has 2 aromatic rings. The first kappa shape index (κ1) is 18.2. The zero-order valence-corrected chi connectivity index (χ0v) is 15.6. The fourth-order valence-corrected chi connectivity index (χ4v) is 4.68. The lowest BCUT2D eigenvalue weighted by atomic mass is 10.2. The SMILES string of the molecule is COc1cc(Cl)ccc1S(=O)(=O)N1CCN(Cc2ccccc2)CC1. The Bertz CT molecular complexity index is 819. The Kier molecular flexibility index (Phi) is 5.64. The van der Waals surface area contributed by atoms with Crippen LogP contribution in [0.3, 0.4) is 0 Å². The van der Waals surface area contributed by atoms with Crippen molar-refractivity contribution in [3.8, 4) is 5.75 Å². The van der Waals surface area contributed by atoms with E-state index in [1.54, 1.807) is 6.07 Å². The average Bonchev–Trinajstić information content (AvgIpc) is 2.62. The molecule has 1 saturated heterocycles. The molecular formula is C18H21ClN2O3S. The summed E-state index contributed by atoms with van der Waals surface area (Å²) in [5.41, 5.74) is 1.23. The molecule has 1 fully saturated rings. The first-order valence-corrected chi connectivity index (χ1v) is 9.92. The van der Waals surface area contributed by atoms with E-state index in [9.17, 15) is 8.42 Å². The minimum atomic E-state index is -3.59. The molecule has 25 heavy (non-hydrogen) atoms. The van der Waals surface area contributed by atoms with Crippen LogP contribution in [-0.2, 0) is 16.6 Å². The molecule has 0 atom stereocenters. The van der Waals surface area contributed by atoms with E-state index in [0.29, 0.717) is 31.2 Å². The molecule has 0 bridgehead atoms. The number of methoxy groups -OCH3 is 1. The normalized spacial score (nSPS) is 16.7. The third kappa shape index (κ3) is 4.15. The Morgan fingerprint density at radius 3 is 2.36 bits per heavy atom. The van der Waals surface area contributed by atoms with Crippen LogP contribution in [0.25, 0.3) is 0 Å². The summed E-state index contributed by atoms with van der Waals surface area (Å²) in [5.74, 6) is 0.277. The first-order chi connectivity index (χ1) is 12.0. The van der Waals surface area contributed by atoms with Crippen molar-refractivity contribution < 1.29 is 13.2 Å². The third-order valence-electron chi connectivity index (χ3n) is 4.32. The van der Waals surface area contributed by atoms with Gasteiger partial charge in [-0.2, -0.15) is 4.31 Å². The van der Waals surface area contributed by atoms with E-state index in [1.165, 1.54) is 29.1 Å². The predicted octanol–water partition coefficient (Wildman–Crippen LogP) is 2.86. The van der Waals surface area contributed by atoms with Crippen LogP contribution in [0.2, 0.25) is 5.02 Å². The smallest absolute Gasteiger partial charge is 0.246 e. The summed E-state index contributed by atoms with van der Waals surface area (Å²) in [7, 11) is -2.15. The zero-order chi connectivity index (χ0) is 17.9. The van der Waals surface area contributed by atoms with Crippen molar-refractivity contribution in [1.82, 2.24) is 9.21 Å². The summed E-state index contributed by atoms with van der Waals surface area (Å²) in [6, 6.07) is 14.8. The van der Waals surface area contributed by atoms with Crippen molar-refractivity contribution in [3.05, 3.63) is 59.1 Å². The molecule has 0 spiro atoms. The van der Waals surface area contributed by atoms with Gasteiger partial charge in [0.05, 0.1) is 7.11 Å². The van der Waals surface area contributed by atoms with Crippen molar-refractivity contribution in [2.75, 3.05) is 33.3 Å². The van der Waals surface area contributed by atoms with Gasteiger partial charge < -0.3 is 4.74 Å². The number of rotatable bonds is 5. The summed E-state index contributed by atoms with van der Waals surface area (Å²) >= 11 is 5.93. The van der Waals surface area contributed by atoms with Gasteiger partial charge in [0, 0.05) is 43.8 Å². The number of benzene rings is 2. The molecule has 0 unspecified atom stereocenters. The number of hydrogen-bond acceptors (Lipinski definition) is 4. The van der Waals surface area contributed by atoms with Gasteiger partial charge in [0.25, 0.3) is 0 Å². The molecule has 1 heterocycles. The number of nitrogens with zero attached hydrogens (tertiary/aromatic N) is 2. The fraction of sp³-hybridized carbons (Fsp3) is 0.333. The highest BCUT2D eigenvalue weighted by molar-refractivity contribution is 7.89. The Balaban J connectivity index is 1.69. The number of sulfonamides is 1. The van der Waals surface area contributed by atoms with Crippen LogP contribution in [0.1, 0.15) is 5.56 Å². The molecule has 0 radical (unpaired) electrons. The Labute approximate surface area is 153 Å². The standard InChI is InChI=1S/C18H21ClN2O3S/c1-24-17-13-16(19)7-8-18(17)25(22,23)21-11-9-20(10-12-21)14-15-5-3-2-4-6-15/h2-8,13H,9-12,14H2,1H3. The second-order valence-electron chi connectivity index (χ2n) is 5.96. The molecule has 0 aromatic heterocycles. The summed E-state index contributed by atoms with van der Waals surface area (Å²) in [5, 5.41) is 0.448. The molecule has 5 nitrogen and oxygen atoms in total. The topological polar surface area (TPSA) is 49.9 Å². The van der Waals surface area contributed by atoms with E-state index in [2.05, 4.69) is 17.0 Å². The van der Waals surface area contributed by atoms with Crippen molar-refractivity contribution in [2.45, 2.75) is 11.4 Å². The minimum Gasteiger partial charge on any atom is -0.495 e. The molecule has 2 aromatic carbocycles. The van der Waals surface area contributed by atoms with E-state index >= 15 is 0 Å². The number of ether oxygens (including phenoxy) is 1. The van der Waals surface area contributed by atoms with Crippen molar-refractivity contribution in [3.63, 3.8) is 0 Å². The molecule has 7 heteroatoms. The highest BCUT2D eigenvalue weighted by atomic mass is 35.5. The van der Waals surface area contributed by atoms with Crippen LogP contribution in [0, 0.1) is 0 Å². The maximum Gasteiger partial charge on any atom is 0.246 e. The van der Waals surface area contributed by atoms with E-state index in [0.717, 1.165) is 6.54 Å². The van der Waals surface area contributed by atoms with Gasteiger partial charge in [-0.25, -0.2) is 8.42 Å². The number of hydrogen-bond donors (Lipinski definition) is 0. The minimum absolute atomic E-state index is 0.163. The highest BCUT2D eigenvalue weighted by Gasteiger charge is 2.30. The monoisotopic (exact) mass is 380 g/mol. The van der Waals surface area contributed by atoms with E-state index < -0.39 is 10.0 Å². The number of halogens is 1. The Morgan fingerprint density at radius 1 is 1.04 bits per heavy atom. The van der Waals surface area contributed by atoms with Crippen molar-refractivity contribution in [2.24, 2.45) is 0 Å². The summed E-state index contributed by atoms with van der Waals surface area (Å²) in [4.78, 5) is 2.43. The van der Waals surface area contributed by atoms with Crippen LogP contribution in [-0.4, -0.2) is 50.9 Å². The molecule has 134 valence electrons. The second kappa shape index (κ2) is 7.74. The molecule has 0 aliphatic carbocycles. The van der Waals surface area contributed by atoms with Gasteiger partial charge in [0.15, 0.2) is 0 Å². The van der Waals surface area contributed by atoms with Gasteiger partial charge >= 0.3 is 0 Å². The zero-order valence-electron chi connectivity index (χ0n) is 14.1. The first-order valence-electron chi connectivity index (χ1n) is 8.10. The second-order valence-corrected chi connectivity index (χ2v) is 8.30. The molecule has 3 rings (SSSR count). The molecule has 1 aliphatic heterocycles. The molecule has 0 N–H and O–H groups in total. The van der Waals surface area contributed by atoms with E-state index in [4.69, 9.17) is 16.3 Å². The van der Waals surface area contributed by atoms with Crippen molar-refractivity contribution >= 4 is 21.6 Å². The van der Waals surface area contributed by atoms with E-state index in [1.807, 2.05) is 18.2 Å². The molecule has 0 amide bonds. The predicted molar refractivity (Wildman–Crippen MR) is 98.5 cm³/mol. The van der Waals surface area contributed by atoms with Gasteiger partial charge in [0.1, 0.15) is 10.6 Å². The summed E-state index contributed by atoms with van der Waals surface area (Å²) < 4.78 is 32.6. The maximum absolute atomic E-state index is 12.9. The molecule has 0 saturated carbocycles. The Morgan fingerprint density at radius 2 is 1.72 bits per heavy atom. The average molecular weight is 381 g/mol. The molecular weight excluding hydrogens is 360 g/mol. The van der Waals surface area contributed by atoms with Crippen LogP contribution >= 0.6 is 11.6 Å². The summed E-state index contributed by atoms with van der Waals surface area (Å²) in [6.45, 7) is 3.15. The van der Waals surface area contributed by atoms with Gasteiger partial charge in [-0.1, -0.05) is 41.9 Å². The highest BCUT2D eigenvalue weighted by Crippen LogP contribution is 2.30. The largest absolute Gasteiger partial charge is 0.495 e. The summed E-state index contributed by atoms with van der Waals surface area (Å²) in [6.07, 6.45) is 0. The van der Waals surface area contributed by atoms with Gasteiger partial charge in [0.2, 0.25) is 10.0 Å². The van der Waals surface area contributed by atoms with Gasteiger partial charge in [-0.05, 0) is 17.7 Å². The fourth-order valence-electron chi connectivity index (χ4n) is 2.96. The molecule has 1 aliphatic rings. The quantitative estimate of drug-likeness (QED) is 0.800. The van der Waals surface area contributed by atoms with Gasteiger partial charge in [-0.3, -0.25) is 4.90 Å². The number of piperazine rings is 1. The maximum atomic E-state index is 12.9. The van der Waals surface area contributed by atoms with Crippen LogP contribution in [0.5, 0.6) is 5.75 Å². The lowest BCUT2D eigenvalue weighted by Gasteiger charge is -2.34.